The van der Waals surface area contributed by atoms with Gasteiger partial charge in [0.15, 0.2) is 0 Å². The molecule has 0 aliphatic heterocycles. The number of rotatable bonds is 4. The number of anilines is 1. The van der Waals surface area contributed by atoms with Gasteiger partial charge in [-0.05, 0) is 30.2 Å². The van der Waals surface area contributed by atoms with Gasteiger partial charge in [-0.15, -0.1) is 11.8 Å². The molecule has 0 aliphatic carbocycles. The van der Waals surface area contributed by atoms with Crippen molar-refractivity contribution >= 4 is 23.4 Å². The van der Waals surface area contributed by atoms with Crippen LogP contribution >= 0.6 is 11.8 Å². The number of hydrogen-bond acceptors (Lipinski definition) is 3. The highest BCUT2D eigenvalue weighted by Crippen LogP contribution is 2.32. The van der Waals surface area contributed by atoms with Crippen LogP contribution in [-0.4, -0.2) is 16.7 Å². The maximum Gasteiger partial charge on any atom is 0.241 e. The highest BCUT2D eigenvalue weighted by Gasteiger charge is 2.17. The number of amides is 1. The third-order valence-electron chi connectivity index (χ3n) is 2.57. The molecule has 0 radical (unpaired) electrons. The van der Waals surface area contributed by atoms with E-state index in [1.807, 2.05) is 38.1 Å². The Kier molecular flexibility index (Phi) is 5.44. The standard InChI is InChI=1S/C15H24N2OS/c1-10(2)13(16)14(18)17-11-6-8-12(9-7-11)19-15(3,4)5/h6-10,13H,16H2,1-5H3,(H,17,18)/t13-/m0/s1. The van der Waals surface area contributed by atoms with E-state index >= 15 is 0 Å². The van der Waals surface area contributed by atoms with Crippen LogP contribution in [0.4, 0.5) is 5.69 Å². The molecule has 0 heterocycles. The Morgan fingerprint density at radius 2 is 1.74 bits per heavy atom. The normalized spacial score (nSPS) is 13.4. The molecular weight excluding hydrogens is 256 g/mol. The summed E-state index contributed by atoms with van der Waals surface area (Å²) in [6, 6.07) is 7.40. The van der Waals surface area contributed by atoms with Crippen LogP contribution < -0.4 is 11.1 Å². The van der Waals surface area contributed by atoms with E-state index in [-0.39, 0.29) is 16.6 Å². The van der Waals surface area contributed by atoms with E-state index in [0.717, 1.165) is 5.69 Å². The van der Waals surface area contributed by atoms with Crippen LogP contribution in [0.3, 0.4) is 0 Å². The zero-order valence-corrected chi connectivity index (χ0v) is 13.2. The van der Waals surface area contributed by atoms with Gasteiger partial charge in [-0.3, -0.25) is 4.79 Å². The van der Waals surface area contributed by atoms with Crippen LogP contribution in [-0.2, 0) is 4.79 Å². The van der Waals surface area contributed by atoms with E-state index in [1.165, 1.54) is 4.90 Å². The predicted molar refractivity (Wildman–Crippen MR) is 83.5 cm³/mol. The SMILES string of the molecule is CC(C)[C@H](N)C(=O)Nc1ccc(SC(C)(C)C)cc1. The van der Waals surface area contributed by atoms with E-state index in [0.29, 0.717) is 0 Å². The molecule has 1 rings (SSSR count). The Labute approximate surface area is 120 Å². The largest absolute Gasteiger partial charge is 0.325 e. The highest BCUT2D eigenvalue weighted by molar-refractivity contribution is 8.00. The quantitative estimate of drug-likeness (QED) is 0.830. The first kappa shape index (κ1) is 16.1. The molecule has 1 aromatic carbocycles. The smallest absolute Gasteiger partial charge is 0.241 e. The van der Waals surface area contributed by atoms with E-state index in [2.05, 4.69) is 26.1 Å². The van der Waals surface area contributed by atoms with Gasteiger partial charge in [0.25, 0.3) is 0 Å². The van der Waals surface area contributed by atoms with Crippen LogP contribution in [0.1, 0.15) is 34.6 Å². The summed E-state index contributed by atoms with van der Waals surface area (Å²) in [5.74, 6) is 0.00180. The Balaban J connectivity index is 2.65. The van der Waals surface area contributed by atoms with Gasteiger partial charge >= 0.3 is 0 Å². The molecule has 3 N–H and O–H groups in total. The lowest BCUT2D eigenvalue weighted by Crippen LogP contribution is -2.39. The van der Waals surface area contributed by atoms with Crippen LogP contribution in [0.15, 0.2) is 29.2 Å². The fourth-order valence-electron chi connectivity index (χ4n) is 1.49. The Morgan fingerprint density at radius 3 is 2.16 bits per heavy atom. The van der Waals surface area contributed by atoms with Crippen molar-refractivity contribution in [1.82, 2.24) is 0 Å². The van der Waals surface area contributed by atoms with Gasteiger partial charge in [0, 0.05) is 15.3 Å². The lowest BCUT2D eigenvalue weighted by molar-refractivity contribution is -0.118. The second-order valence-electron chi connectivity index (χ2n) is 6.00. The van der Waals surface area contributed by atoms with Crippen molar-refractivity contribution in [3.8, 4) is 0 Å². The molecule has 3 nitrogen and oxygen atoms in total. The second kappa shape index (κ2) is 6.44. The molecule has 0 saturated heterocycles. The van der Waals surface area contributed by atoms with Gasteiger partial charge in [0.05, 0.1) is 6.04 Å². The van der Waals surface area contributed by atoms with Crippen molar-refractivity contribution < 1.29 is 4.79 Å². The Hall–Kier alpha value is -1.00. The monoisotopic (exact) mass is 280 g/mol. The first-order valence-corrected chi connectivity index (χ1v) is 7.36. The molecular formula is C15H24N2OS. The minimum absolute atomic E-state index is 0.133. The third kappa shape index (κ3) is 5.66. The minimum Gasteiger partial charge on any atom is -0.325 e. The number of hydrogen-bond donors (Lipinski definition) is 2. The topological polar surface area (TPSA) is 55.1 Å². The molecule has 0 fully saturated rings. The van der Waals surface area contributed by atoms with Crippen molar-refractivity contribution in [3.05, 3.63) is 24.3 Å². The van der Waals surface area contributed by atoms with Crippen LogP contribution in [0, 0.1) is 5.92 Å². The maximum atomic E-state index is 11.8. The summed E-state index contributed by atoms with van der Waals surface area (Å²) in [5.41, 5.74) is 6.60. The summed E-state index contributed by atoms with van der Waals surface area (Å²) < 4.78 is 0.185. The fraction of sp³-hybridized carbons (Fsp3) is 0.533. The molecule has 0 unspecified atom stereocenters. The molecule has 0 aromatic heterocycles. The van der Waals surface area contributed by atoms with Gasteiger partial charge in [-0.2, -0.15) is 0 Å². The van der Waals surface area contributed by atoms with Crippen molar-refractivity contribution in [2.24, 2.45) is 11.7 Å². The Morgan fingerprint density at radius 1 is 1.21 bits per heavy atom. The first-order valence-electron chi connectivity index (χ1n) is 6.54. The molecule has 19 heavy (non-hydrogen) atoms. The maximum absolute atomic E-state index is 11.8. The molecule has 1 atom stereocenters. The van der Waals surface area contributed by atoms with E-state index in [1.54, 1.807) is 11.8 Å². The summed E-state index contributed by atoms with van der Waals surface area (Å²) in [4.78, 5) is 13.0. The molecule has 0 spiro atoms. The highest BCUT2D eigenvalue weighted by atomic mass is 32.2. The summed E-state index contributed by atoms with van der Waals surface area (Å²) in [5, 5.41) is 2.84. The lowest BCUT2D eigenvalue weighted by atomic mass is 10.1. The van der Waals surface area contributed by atoms with Gasteiger partial charge in [-0.25, -0.2) is 0 Å². The average molecular weight is 280 g/mol. The summed E-state index contributed by atoms with van der Waals surface area (Å²) in [7, 11) is 0. The first-order chi connectivity index (χ1) is 8.69. The minimum atomic E-state index is -0.469. The van der Waals surface area contributed by atoms with Crippen molar-refractivity contribution in [1.29, 1.82) is 0 Å². The third-order valence-corrected chi connectivity index (χ3v) is 3.69. The molecule has 0 bridgehead atoms. The Bertz CT molecular complexity index is 421. The van der Waals surface area contributed by atoms with Gasteiger partial charge in [0.2, 0.25) is 5.91 Å². The number of thioether (sulfide) groups is 1. The summed E-state index contributed by atoms with van der Waals surface area (Å²) in [6.45, 7) is 10.4. The second-order valence-corrected chi connectivity index (χ2v) is 7.90. The summed E-state index contributed by atoms with van der Waals surface area (Å²) >= 11 is 1.80. The lowest BCUT2D eigenvalue weighted by Gasteiger charge is -2.18. The van der Waals surface area contributed by atoms with Gasteiger partial charge < -0.3 is 11.1 Å². The van der Waals surface area contributed by atoms with Gasteiger partial charge in [-0.1, -0.05) is 34.6 Å². The molecule has 106 valence electrons. The number of nitrogens with two attached hydrogens (primary N) is 1. The number of carbonyl (C=O) groups excluding carboxylic acids is 1. The van der Waals surface area contributed by atoms with Crippen molar-refractivity contribution in [2.45, 2.75) is 50.3 Å². The summed E-state index contributed by atoms with van der Waals surface area (Å²) in [6.07, 6.45) is 0. The fourth-order valence-corrected chi connectivity index (χ4v) is 2.47. The molecule has 1 amide bonds. The number of benzene rings is 1. The van der Waals surface area contributed by atoms with Crippen LogP contribution in [0.25, 0.3) is 0 Å². The predicted octanol–water partition coefficient (Wildman–Crippen LogP) is 3.50. The zero-order chi connectivity index (χ0) is 14.6. The van der Waals surface area contributed by atoms with E-state index in [9.17, 15) is 4.79 Å². The van der Waals surface area contributed by atoms with E-state index < -0.39 is 6.04 Å². The molecule has 4 heteroatoms. The number of carbonyl (C=O) groups is 1. The van der Waals surface area contributed by atoms with Crippen molar-refractivity contribution in [2.75, 3.05) is 5.32 Å². The average Bonchev–Trinajstić information content (AvgIpc) is 2.28. The van der Waals surface area contributed by atoms with Crippen LogP contribution in [0.2, 0.25) is 0 Å². The molecule has 0 aliphatic rings. The molecule has 0 saturated carbocycles. The molecule has 1 aromatic rings. The van der Waals surface area contributed by atoms with Crippen molar-refractivity contribution in [3.63, 3.8) is 0 Å². The van der Waals surface area contributed by atoms with Crippen LogP contribution in [0.5, 0.6) is 0 Å². The zero-order valence-electron chi connectivity index (χ0n) is 12.4. The number of nitrogens with one attached hydrogen (secondary N) is 1. The van der Waals surface area contributed by atoms with Gasteiger partial charge in [0.1, 0.15) is 0 Å². The van der Waals surface area contributed by atoms with E-state index in [4.69, 9.17) is 5.73 Å².